The first-order valence-corrected chi connectivity index (χ1v) is 10.3. The predicted molar refractivity (Wildman–Crippen MR) is 108 cm³/mol. The van der Waals surface area contributed by atoms with Crippen molar-refractivity contribution in [2.24, 2.45) is 0 Å². The minimum atomic E-state index is -3.55. The van der Waals surface area contributed by atoms with Crippen LogP contribution in [0, 0.1) is 0 Å². The van der Waals surface area contributed by atoms with Crippen LogP contribution in [0.3, 0.4) is 0 Å². The van der Waals surface area contributed by atoms with Crippen LogP contribution in [0.2, 0.25) is 0 Å². The van der Waals surface area contributed by atoms with Crippen molar-refractivity contribution in [3.63, 3.8) is 0 Å². The molecule has 1 N–H and O–H groups in total. The fourth-order valence-electron chi connectivity index (χ4n) is 3.07. The summed E-state index contributed by atoms with van der Waals surface area (Å²) < 4.78 is 32.9. The van der Waals surface area contributed by atoms with Crippen molar-refractivity contribution in [1.82, 2.24) is 4.72 Å². The standard InChI is InChI=1S/C22H23NO3S/c1-26-20-12-14-21(15-13-20)27(24,25)23-17-16-22(18-8-4-2-5-9-18)19-10-6-3-7-11-19/h2-15,22-23H,16-17H2,1H3. The molecule has 0 unspecified atom stereocenters. The zero-order valence-electron chi connectivity index (χ0n) is 15.2. The van der Waals surface area contributed by atoms with E-state index in [2.05, 4.69) is 29.0 Å². The summed E-state index contributed by atoms with van der Waals surface area (Å²) >= 11 is 0. The molecule has 5 heteroatoms. The molecule has 0 bridgehead atoms. The molecule has 27 heavy (non-hydrogen) atoms. The molecule has 0 aliphatic carbocycles. The van der Waals surface area contributed by atoms with E-state index in [4.69, 9.17) is 4.74 Å². The monoisotopic (exact) mass is 381 g/mol. The number of hydrogen-bond acceptors (Lipinski definition) is 3. The summed E-state index contributed by atoms with van der Waals surface area (Å²) in [6, 6.07) is 26.7. The molecular weight excluding hydrogens is 358 g/mol. The van der Waals surface area contributed by atoms with E-state index in [1.54, 1.807) is 31.4 Å². The Labute approximate surface area is 160 Å². The van der Waals surface area contributed by atoms with E-state index in [1.165, 1.54) is 11.1 Å². The Hall–Kier alpha value is -2.63. The van der Waals surface area contributed by atoms with E-state index >= 15 is 0 Å². The molecule has 0 aliphatic rings. The summed E-state index contributed by atoms with van der Waals surface area (Å²) in [6.45, 7) is 0.350. The highest BCUT2D eigenvalue weighted by atomic mass is 32.2. The molecule has 0 heterocycles. The van der Waals surface area contributed by atoms with Crippen molar-refractivity contribution in [2.75, 3.05) is 13.7 Å². The van der Waals surface area contributed by atoms with Crippen molar-refractivity contribution in [3.8, 4) is 5.75 Å². The summed E-state index contributed by atoms with van der Waals surface area (Å²) in [7, 11) is -2.00. The fraction of sp³-hybridized carbons (Fsp3) is 0.182. The van der Waals surface area contributed by atoms with Gasteiger partial charge in [-0.25, -0.2) is 13.1 Å². The Kier molecular flexibility index (Phi) is 6.27. The number of hydrogen-bond donors (Lipinski definition) is 1. The number of methoxy groups -OCH3 is 1. The maximum atomic E-state index is 12.5. The van der Waals surface area contributed by atoms with E-state index < -0.39 is 10.0 Å². The second-order valence-electron chi connectivity index (χ2n) is 6.24. The Bertz CT molecular complexity index is 900. The number of ether oxygens (including phenoxy) is 1. The fourth-order valence-corrected chi connectivity index (χ4v) is 4.12. The molecule has 0 aromatic heterocycles. The molecular formula is C22H23NO3S. The van der Waals surface area contributed by atoms with Crippen LogP contribution in [0.25, 0.3) is 0 Å². The van der Waals surface area contributed by atoms with Gasteiger partial charge in [-0.15, -0.1) is 0 Å². The van der Waals surface area contributed by atoms with Gasteiger partial charge in [0.25, 0.3) is 0 Å². The quantitative estimate of drug-likeness (QED) is 0.636. The summed E-state index contributed by atoms with van der Waals surface area (Å²) in [5.74, 6) is 0.758. The highest BCUT2D eigenvalue weighted by Crippen LogP contribution is 2.27. The van der Waals surface area contributed by atoms with Crippen LogP contribution in [0.15, 0.2) is 89.8 Å². The van der Waals surface area contributed by atoms with Gasteiger partial charge in [-0.3, -0.25) is 0 Å². The van der Waals surface area contributed by atoms with E-state index in [-0.39, 0.29) is 10.8 Å². The number of benzene rings is 3. The third-order valence-electron chi connectivity index (χ3n) is 4.50. The highest BCUT2D eigenvalue weighted by molar-refractivity contribution is 7.89. The van der Waals surface area contributed by atoms with Gasteiger partial charge >= 0.3 is 0 Å². The molecule has 0 fully saturated rings. The third kappa shape index (κ3) is 4.96. The van der Waals surface area contributed by atoms with Gasteiger partial charge < -0.3 is 4.74 Å². The molecule has 0 saturated carbocycles. The molecule has 0 spiro atoms. The lowest BCUT2D eigenvalue weighted by Crippen LogP contribution is -2.26. The Morgan fingerprint density at radius 3 is 1.81 bits per heavy atom. The van der Waals surface area contributed by atoms with Crippen LogP contribution in [-0.2, 0) is 10.0 Å². The van der Waals surface area contributed by atoms with Crippen LogP contribution in [0.1, 0.15) is 23.5 Å². The molecule has 140 valence electrons. The van der Waals surface area contributed by atoms with Gasteiger partial charge in [0, 0.05) is 12.5 Å². The molecule has 0 radical (unpaired) electrons. The molecule has 4 nitrogen and oxygen atoms in total. The van der Waals surface area contributed by atoms with Crippen LogP contribution in [0.5, 0.6) is 5.75 Å². The lowest BCUT2D eigenvalue weighted by molar-refractivity contribution is 0.414. The predicted octanol–water partition coefficient (Wildman–Crippen LogP) is 4.20. The largest absolute Gasteiger partial charge is 0.497 e. The second-order valence-corrected chi connectivity index (χ2v) is 8.00. The minimum Gasteiger partial charge on any atom is -0.497 e. The van der Waals surface area contributed by atoms with Gasteiger partial charge in [0.15, 0.2) is 0 Å². The number of sulfonamides is 1. The smallest absolute Gasteiger partial charge is 0.240 e. The van der Waals surface area contributed by atoms with Crippen LogP contribution < -0.4 is 9.46 Å². The molecule has 3 aromatic rings. The maximum Gasteiger partial charge on any atom is 0.240 e. The third-order valence-corrected chi connectivity index (χ3v) is 5.98. The van der Waals surface area contributed by atoms with Gasteiger partial charge in [0.2, 0.25) is 10.0 Å². The maximum absolute atomic E-state index is 12.5. The Morgan fingerprint density at radius 1 is 0.815 bits per heavy atom. The SMILES string of the molecule is COc1ccc(S(=O)(=O)NCCC(c2ccccc2)c2ccccc2)cc1. The van der Waals surface area contributed by atoms with Crippen molar-refractivity contribution < 1.29 is 13.2 Å². The highest BCUT2D eigenvalue weighted by Gasteiger charge is 2.17. The van der Waals surface area contributed by atoms with Crippen molar-refractivity contribution in [2.45, 2.75) is 17.2 Å². The first kappa shape index (κ1) is 19.1. The van der Waals surface area contributed by atoms with Gasteiger partial charge in [-0.2, -0.15) is 0 Å². The van der Waals surface area contributed by atoms with Crippen molar-refractivity contribution >= 4 is 10.0 Å². The van der Waals surface area contributed by atoms with Crippen LogP contribution in [0.4, 0.5) is 0 Å². The first-order chi connectivity index (χ1) is 13.1. The van der Waals surface area contributed by atoms with Gasteiger partial charge in [0.1, 0.15) is 5.75 Å². The van der Waals surface area contributed by atoms with E-state index in [1.807, 2.05) is 36.4 Å². The second kappa shape index (κ2) is 8.84. The lowest BCUT2D eigenvalue weighted by Gasteiger charge is -2.18. The normalized spacial score (nSPS) is 11.5. The first-order valence-electron chi connectivity index (χ1n) is 8.84. The Morgan fingerprint density at radius 2 is 1.33 bits per heavy atom. The van der Waals surface area contributed by atoms with Crippen molar-refractivity contribution in [1.29, 1.82) is 0 Å². The summed E-state index contributed by atoms with van der Waals surface area (Å²) in [5, 5.41) is 0. The lowest BCUT2D eigenvalue weighted by atomic mass is 9.89. The minimum absolute atomic E-state index is 0.131. The molecule has 3 aromatic carbocycles. The summed E-state index contributed by atoms with van der Waals surface area (Å²) in [4.78, 5) is 0.235. The van der Waals surface area contributed by atoms with Crippen molar-refractivity contribution in [3.05, 3.63) is 96.1 Å². The average Bonchev–Trinajstić information content (AvgIpc) is 2.72. The molecule has 0 amide bonds. The molecule has 0 atom stereocenters. The zero-order valence-corrected chi connectivity index (χ0v) is 16.0. The molecule has 0 aliphatic heterocycles. The topological polar surface area (TPSA) is 55.4 Å². The summed E-state index contributed by atoms with van der Waals surface area (Å²) in [5.41, 5.74) is 2.35. The molecule has 0 saturated heterocycles. The van der Waals surface area contributed by atoms with Gasteiger partial charge in [-0.1, -0.05) is 60.7 Å². The van der Waals surface area contributed by atoms with E-state index in [0.29, 0.717) is 18.7 Å². The van der Waals surface area contributed by atoms with Gasteiger partial charge in [-0.05, 0) is 41.8 Å². The molecule has 3 rings (SSSR count). The average molecular weight is 381 g/mol. The van der Waals surface area contributed by atoms with Gasteiger partial charge in [0.05, 0.1) is 12.0 Å². The van der Waals surface area contributed by atoms with E-state index in [9.17, 15) is 8.42 Å². The van der Waals surface area contributed by atoms with Crippen LogP contribution in [-0.4, -0.2) is 22.1 Å². The zero-order chi connectivity index (χ0) is 19.1. The number of nitrogens with one attached hydrogen (secondary N) is 1. The number of rotatable bonds is 8. The summed E-state index contributed by atoms with van der Waals surface area (Å²) in [6.07, 6.45) is 0.670. The van der Waals surface area contributed by atoms with E-state index in [0.717, 1.165) is 0 Å². The van der Waals surface area contributed by atoms with Crippen LogP contribution >= 0.6 is 0 Å². The Balaban J connectivity index is 1.72.